The normalized spacial score (nSPS) is 25.0. The molecule has 0 saturated carbocycles. The van der Waals surface area contributed by atoms with E-state index in [1.54, 1.807) is 6.20 Å². The highest BCUT2D eigenvalue weighted by molar-refractivity contribution is 5.40. The van der Waals surface area contributed by atoms with Gasteiger partial charge in [0.05, 0.1) is 6.10 Å². The smallest absolute Gasteiger partial charge is 0.0794 e. The van der Waals surface area contributed by atoms with Crippen LogP contribution in [0.4, 0.5) is 0 Å². The number of aromatic nitrogens is 1. The van der Waals surface area contributed by atoms with Crippen LogP contribution in [0, 0.1) is 0 Å². The molecule has 0 bridgehead atoms. The van der Waals surface area contributed by atoms with Crippen LogP contribution in [0.5, 0.6) is 0 Å². The third kappa shape index (κ3) is 1.81. The second-order valence-electron chi connectivity index (χ2n) is 4.14. The van der Waals surface area contributed by atoms with Gasteiger partial charge in [-0.1, -0.05) is 18.7 Å². The van der Waals surface area contributed by atoms with Crippen molar-refractivity contribution < 1.29 is 5.11 Å². The van der Waals surface area contributed by atoms with Gasteiger partial charge in [-0.15, -0.1) is 0 Å². The lowest BCUT2D eigenvalue weighted by Crippen LogP contribution is -2.15. The van der Waals surface area contributed by atoms with Crippen molar-refractivity contribution in [2.45, 2.75) is 31.8 Å². The van der Waals surface area contributed by atoms with Crippen LogP contribution >= 0.6 is 0 Å². The van der Waals surface area contributed by atoms with Crippen LogP contribution in [0.15, 0.2) is 42.8 Å². The third-order valence-electron chi connectivity index (χ3n) is 3.32. The molecule has 0 aliphatic heterocycles. The van der Waals surface area contributed by atoms with E-state index in [4.69, 9.17) is 0 Å². The van der Waals surface area contributed by atoms with Gasteiger partial charge < -0.3 is 5.11 Å². The van der Waals surface area contributed by atoms with Crippen LogP contribution in [-0.2, 0) is 0 Å². The highest BCUT2D eigenvalue weighted by atomic mass is 16.3. The predicted molar refractivity (Wildman–Crippen MR) is 65.1 cm³/mol. The Morgan fingerprint density at radius 3 is 3.00 bits per heavy atom. The highest BCUT2D eigenvalue weighted by Crippen LogP contribution is 2.40. The minimum Gasteiger partial charge on any atom is -0.388 e. The van der Waals surface area contributed by atoms with Gasteiger partial charge in [0, 0.05) is 18.3 Å². The lowest BCUT2D eigenvalue weighted by Gasteiger charge is -2.29. The van der Waals surface area contributed by atoms with Gasteiger partial charge in [0.15, 0.2) is 0 Å². The summed E-state index contributed by atoms with van der Waals surface area (Å²) in [5.41, 5.74) is 3.39. The molecule has 1 aromatic rings. The van der Waals surface area contributed by atoms with E-state index in [0.29, 0.717) is 5.92 Å². The second kappa shape index (κ2) is 4.62. The Morgan fingerprint density at radius 1 is 1.50 bits per heavy atom. The van der Waals surface area contributed by atoms with E-state index in [9.17, 15) is 5.11 Å². The maximum atomic E-state index is 9.93. The first-order valence-corrected chi connectivity index (χ1v) is 5.68. The third-order valence-corrected chi connectivity index (χ3v) is 3.32. The molecule has 0 spiro atoms. The van der Waals surface area contributed by atoms with Crippen LogP contribution < -0.4 is 0 Å². The molecule has 16 heavy (non-hydrogen) atoms. The minimum absolute atomic E-state index is 0.336. The molecule has 0 aromatic carbocycles. The van der Waals surface area contributed by atoms with E-state index < -0.39 is 0 Å². The Morgan fingerprint density at radius 2 is 2.31 bits per heavy atom. The fourth-order valence-electron chi connectivity index (χ4n) is 2.46. The number of allylic oxidation sites excluding steroid dienone is 3. The first kappa shape index (κ1) is 11.1. The van der Waals surface area contributed by atoms with Crippen molar-refractivity contribution in [1.82, 2.24) is 4.98 Å². The van der Waals surface area contributed by atoms with Gasteiger partial charge in [-0.05, 0) is 42.5 Å². The minimum atomic E-state index is -0.336. The number of pyridine rings is 1. The molecule has 2 heteroatoms. The molecule has 1 aromatic heterocycles. The van der Waals surface area contributed by atoms with E-state index in [-0.39, 0.29) is 6.10 Å². The lowest BCUT2D eigenvalue weighted by atomic mass is 9.78. The topological polar surface area (TPSA) is 33.1 Å². The van der Waals surface area contributed by atoms with Gasteiger partial charge in [0.2, 0.25) is 0 Å². The Balaban J connectivity index is 2.46. The van der Waals surface area contributed by atoms with Crippen molar-refractivity contribution in [1.29, 1.82) is 0 Å². The summed E-state index contributed by atoms with van der Waals surface area (Å²) >= 11 is 0. The Kier molecular flexibility index (Phi) is 3.20. The van der Waals surface area contributed by atoms with Crippen LogP contribution in [0.25, 0.3) is 0 Å². The van der Waals surface area contributed by atoms with Crippen molar-refractivity contribution in [3.8, 4) is 0 Å². The summed E-state index contributed by atoms with van der Waals surface area (Å²) in [6.45, 7) is 5.87. The number of nitrogens with zero attached hydrogens (tertiary/aromatic N) is 1. The van der Waals surface area contributed by atoms with Gasteiger partial charge in [0.25, 0.3) is 0 Å². The average Bonchev–Trinajstić information content (AvgIpc) is 2.34. The second-order valence-corrected chi connectivity index (χ2v) is 4.14. The van der Waals surface area contributed by atoms with E-state index in [2.05, 4.69) is 17.6 Å². The summed E-state index contributed by atoms with van der Waals surface area (Å²) in [6.07, 6.45) is 9.05. The molecule has 1 aliphatic rings. The summed E-state index contributed by atoms with van der Waals surface area (Å²) in [6, 6.07) is 1.92. The molecule has 0 fully saturated rings. The summed E-state index contributed by atoms with van der Waals surface area (Å²) in [5, 5.41) is 9.93. The average molecular weight is 215 g/mol. The van der Waals surface area contributed by atoms with E-state index in [1.165, 1.54) is 5.57 Å². The quantitative estimate of drug-likeness (QED) is 0.769. The van der Waals surface area contributed by atoms with Crippen molar-refractivity contribution >= 4 is 0 Å². The molecule has 0 radical (unpaired) electrons. The fraction of sp³-hybridized carbons (Fsp3) is 0.357. The van der Waals surface area contributed by atoms with E-state index in [1.807, 2.05) is 25.3 Å². The molecular weight excluding hydrogens is 198 g/mol. The summed E-state index contributed by atoms with van der Waals surface area (Å²) < 4.78 is 0. The first-order chi connectivity index (χ1) is 7.77. The van der Waals surface area contributed by atoms with Crippen molar-refractivity contribution in [3.05, 3.63) is 53.9 Å². The highest BCUT2D eigenvalue weighted by Gasteiger charge is 2.26. The zero-order valence-corrected chi connectivity index (χ0v) is 9.56. The van der Waals surface area contributed by atoms with Crippen molar-refractivity contribution in [2.24, 2.45) is 0 Å². The van der Waals surface area contributed by atoms with Gasteiger partial charge in [-0.25, -0.2) is 0 Å². The van der Waals surface area contributed by atoms with Crippen LogP contribution in [0.1, 0.15) is 42.9 Å². The molecule has 1 aliphatic carbocycles. The first-order valence-electron chi connectivity index (χ1n) is 5.68. The number of aliphatic hydroxyl groups is 1. The Labute approximate surface area is 96.3 Å². The van der Waals surface area contributed by atoms with E-state index in [0.717, 1.165) is 24.0 Å². The van der Waals surface area contributed by atoms with Gasteiger partial charge >= 0.3 is 0 Å². The molecule has 2 nitrogen and oxygen atoms in total. The molecule has 2 rings (SSSR count). The zero-order valence-electron chi connectivity index (χ0n) is 9.56. The number of rotatable bonds is 2. The number of hydrogen-bond donors (Lipinski definition) is 1. The number of fused-ring (bicyclic) bond motifs is 1. The molecule has 0 saturated heterocycles. The monoisotopic (exact) mass is 215 g/mol. The summed E-state index contributed by atoms with van der Waals surface area (Å²) in [5.74, 6) is 0.342. The molecule has 1 heterocycles. The maximum Gasteiger partial charge on any atom is 0.0794 e. The van der Waals surface area contributed by atoms with Crippen LogP contribution in [-0.4, -0.2) is 10.1 Å². The van der Waals surface area contributed by atoms with Crippen LogP contribution in [0.3, 0.4) is 0 Å². The van der Waals surface area contributed by atoms with Gasteiger partial charge in [-0.3, -0.25) is 4.98 Å². The molecule has 2 unspecified atom stereocenters. The summed E-state index contributed by atoms with van der Waals surface area (Å²) in [7, 11) is 0. The molecule has 2 atom stereocenters. The lowest BCUT2D eigenvalue weighted by molar-refractivity contribution is 0.153. The zero-order chi connectivity index (χ0) is 11.5. The standard InChI is InChI=1S/C14H17NO/c1-3-10(4-2)11-5-6-14(16)12-7-8-15-9-13(11)12/h3-4,7-9,11,14,16H,1,5-6H2,2H3/b10-4+. The van der Waals surface area contributed by atoms with Crippen LogP contribution in [0.2, 0.25) is 0 Å². The fourth-order valence-corrected chi connectivity index (χ4v) is 2.46. The van der Waals surface area contributed by atoms with Crippen molar-refractivity contribution in [2.75, 3.05) is 0 Å². The SMILES string of the molecule is C=C/C(=C\C)C1CCC(O)c2ccncc21. The predicted octanol–water partition coefficient (Wildman–Crippen LogP) is 3.12. The maximum absolute atomic E-state index is 9.93. The van der Waals surface area contributed by atoms with Gasteiger partial charge in [-0.2, -0.15) is 0 Å². The van der Waals surface area contributed by atoms with Gasteiger partial charge in [0.1, 0.15) is 0 Å². The molecular formula is C14H17NO. The van der Waals surface area contributed by atoms with Crippen molar-refractivity contribution in [3.63, 3.8) is 0 Å². The van der Waals surface area contributed by atoms with E-state index >= 15 is 0 Å². The molecule has 0 amide bonds. The largest absolute Gasteiger partial charge is 0.388 e. The number of aliphatic hydroxyl groups excluding tert-OH is 1. The molecule has 1 N–H and O–H groups in total. The number of hydrogen-bond acceptors (Lipinski definition) is 2. The summed E-state index contributed by atoms with van der Waals surface area (Å²) in [4.78, 5) is 4.16. The Hall–Kier alpha value is -1.41. The Bertz CT molecular complexity index is 422. The molecule has 84 valence electrons.